The van der Waals surface area contributed by atoms with Crippen molar-refractivity contribution in [1.82, 2.24) is 10.3 Å². The number of anilines is 1. The molecule has 0 unspecified atom stereocenters. The summed E-state index contributed by atoms with van der Waals surface area (Å²) in [7, 11) is 0. The van der Waals surface area contributed by atoms with E-state index in [0.717, 1.165) is 30.7 Å². The van der Waals surface area contributed by atoms with Crippen LogP contribution in [0.3, 0.4) is 0 Å². The third-order valence-electron chi connectivity index (χ3n) is 3.35. The Bertz CT molecular complexity index is 700. The number of fused-ring (bicyclic) bond motifs is 1. The van der Waals surface area contributed by atoms with Crippen LogP contribution in [0.5, 0.6) is 0 Å². The second-order valence-corrected chi connectivity index (χ2v) is 5.72. The summed E-state index contributed by atoms with van der Waals surface area (Å²) in [6.45, 7) is 1.76. The number of nitrogen functional groups attached to an aromatic ring is 1. The number of hydrogen-bond acceptors (Lipinski definition) is 4. The number of pyridine rings is 1. The van der Waals surface area contributed by atoms with Gasteiger partial charge < -0.3 is 11.1 Å². The second-order valence-electron chi connectivity index (χ2n) is 4.72. The van der Waals surface area contributed by atoms with Crippen LogP contribution in [0.25, 0.3) is 10.9 Å². The highest BCUT2D eigenvalue weighted by molar-refractivity contribution is 7.10. The summed E-state index contributed by atoms with van der Waals surface area (Å²) in [5.74, 6) is 0. The van der Waals surface area contributed by atoms with Gasteiger partial charge in [-0.15, -0.1) is 11.3 Å². The molecule has 0 spiro atoms. The van der Waals surface area contributed by atoms with Crippen LogP contribution in [0.15, 0.2) is 48.0 Å². The van der Waals surface area contributed by atoms with Gasteiger partial charge in [-0.05, 0) is 36.0 Å². The van der Waals surface area contributed by atoms with Crippen LogP contribution in [-0.2, 0) is 13.0 Å². The molecule has 4 heteroatoms. The Morgan fingerprint density at radius 3 is 2.90 bits per heavy atom. The lowest BCUT2D eigenvalue weighted by Crippen LogP contribution is -2.16. The first-order valence-corrected chi connectivity index (χ1v) is 7.58. The third-order valence-corrected chi connectivity index (χ3v) is 4.29. The lowest BCUT2D eigenvalue weighted by molar-refractivity contribution is 0.696. The van der Waals surface area contributed by atoms with E-state index in [1.807, 2.05) is 23.7 Å². The fourth-order valence-electron chi connectivity index (χ4n) is 2.29. The Hall–Kier alpha value is -1.91. The number of aromatic nitrogens is 1. The predicted molar refractivity (Wildman–Crippen MR) is 85.9 cm³/mol. The number of rotatable bonds is 5. The number of nitrogens with two attached hydrogens (primary N) is 1. The van der Waals surface area contributed by atoms with Gasteiger partial charge in [0, 0.05) is 28.7 Å². The maximum atomic E-state index is 5.87. The van der Waals surface area contributed by atoms with Gasteiger partial charge >= 0.3 is 0 Å². The van der Waals surface area contributed by atoms with E-state index in [4.69, 9.17) is 5.73 Å². The van der Waals surface area contributed by atoms with E-state index in [1.54, 1.807) is 11.3 Å². The van der Waals surface area contributed by atoms with Crippen molar-refractivity contribution in [3.8, 4) is 0 Å². The maximum Gasteiger partial charge on any atom is 0.0734 e. The Morgan fingerprint density at radius 2 is 2.05 bits per heavy atom. The molecule has 2 heterocycles. The topological polar surface area (TPSA) is 50.9 Å². The summed E-state index contributed by atoms with van der Waals surface area (Å²) < 4.78 is 0. The van der Waals surface area contributed by atoms with Crippen LogP contribution in [-0.4, -0.2) is 11.5 Å². The number of para-hydroxylation sites is 1. The van der Waals surface area contributed by atoms with Crippen molar-refractivity contribution in [2.75, 3.05) is 12.3 Å². The van der Waals surface area contributed by atoms with Gasteiger partial charge in [0.05, 0.1) is 5.52 Å². The van der Waals surface area contributed by atoms with E-state index >= 15 is 0 Å². The Morgan fingerprint density at radius 1 is 1.15 bits per heavy atom. The van der Waals surface area contributed by atoms with Gasteiger partial charge in [-0.1, -0.05) is 24.3 Å². The molecule has 0 atom stereocenters. The quantitative estimate of drug-likeness (QED) is 0.707. The van der Waals surface area contributed by atoms with Gasteiger partial charge in [-0.25, -0.2) is 0 Å². The molecule has 0 bridgehead atoms. The van der Waals surface area contributed by atoms with Gasteiger partial charge in [-0.3, -0.25) is 4.98 Å². The van der Waals surface area contributed by atoms with E-state index in [1.165, 1.54) is 15.8 Å². The van der Waals surface area contributed by atoms with Crippen LogP contribution >= 0.6 is 11.3 Å². The van der Waals surface area contributed by atoms with Crippen molar-refractivity contribution in [2.45, 2.75) is 13.0 Å². The molecule has 0 aliphatic carbocycles. The number of benzene rings is 1. The lowest BCUT2D eigenvalue weighted by Gasteiger charge is -2.07. The Balaban J connectivity index is 1.62. The molecule has 3 rings (SSSR count). The van der Waals surface area contributed by atoms with Crippen molar-refractivity contribution >= 4 is 27.9 Å². The monoisotopic (exact) mass is 283 g/mol. The lowest BCUT2D eigenvalue weighted by atomic mass is 10.1. The highest BCUT2D eigenvalue weighted by atomic mass is 32.1. The molecule has 1 aromatic carbocycles. The third kappa shape index (κ3) is 2.81. The predicted octanol–water partition coefficient (Wildman–Crippen LogP) is 3.21. The number of nitrogens with zero attached hydrogens (tertiary/aromatic N) is 1. The molecule has 0 fully saturated rings. The minimum atomic E-state index is 0.835. The summed E-state index contributed by atoms with van der Waals surface area (Å²) in [5, 5.41) is 6.67. The average Bonchev–Trinajstić information content (AvgIpc) is 2.89. The van der Waals surface area contributed by atoms with E-state index in [0.29, 0.717) is 0 Å². The first-order valence-electron chi connectivity index (χ1n) is 6.70. The highest BCUT2D eigenvalue weighted by Gasteiger charge is 2.02. The number of nitrogens with one attached hydrogen (secondary N) is 1. The van der Waals surface area contributed by atoms with Gasteiger partial charge in [0.2, 0.25) is 0 Å². The summed E-state index contributed by atoms with van der Waals surface area (Å²) in [6, 6.07) is 12.4. The molecule has 2 aromatic heterocycles. The van der Waals surface area contributed by atoms with E-state index in [9.17, 15) is 0 Å². The highest BCUT2D eigenvalue weighted by Crippen LogP contribution is 2.18. The molecule has 0 saturated heterocycles. The zero-order chi connectivity index (χ0) is 13.8. The smallest absolute Gasteiger partial charge is 0.0734 e. The first kappa shape index (κ1) is 13.1. The normalized spacial score (nSPS) is 11.0. The van der Waals surface area contributed by atoms with Crippen LogP contribution in [0.4, 0.5) is 5.69 Å². The fraction of sp³-hybridized carbons (Fsp3) is 0.188. The summed E-state index contributed by atoms with van der Waals surface area (Å²) >= 11 is 1.70. The molecular formula is C16H17N3S. The van der Waals surface area contributed by atoms with Crippen LogP contribution < -0.4 is 11.1 Å². The zero-order valence-electron chi connectivity index (χ0n) is 11.2. The Labute approximate surface area is 122 Å². The minimum Gasteiger partial charge on any atom is -0.398 e. The van der Waals surface area contributed by atoms with Crippen molar-refractivity contribution in [1.29, 1.82) is 0 Å². The molecule has 0 amide bonds. The molecule has 3 N–H and O–H groups in total. The SMILES string of the molecule is Nc1ccsc1CNCCc1cccc2cccnc12. The van der Waals surface area contributed by atoms with Crippen molar-refractivity contribution in [3.63, 3.8) is 0 Å². The largest absolute Gasteiger partial charge is 0.398 e. The molecular weight excluding hydrogens is 266 g/mol. The number of thiophene rings is 1. The average molecular weight is 283 g/mol. The molecule has 3 nitrogen and oxygen atoms in total. The van der Waals surface area contributed by atoms with Gasteiger partial charge in [-0.2, -0.15) is 0 Å². The molecule has 0 aliphatic rings. The molecule has 20 heavy (non-hydrogen) atoms. The van der Waals surface area contributed by atoms with Crippen molar-refractivity contribution in [2.24, 2.45) is 0 Å². The van der Waals surface area contributed by atoms with Gasteiger partial charge in [0.25, 0.3) is 0 Å². The van der Waals surface area contributed by atoms with Crippen LogP contribution in [0, 0.1) is 0 Å². The summed E-state index contributed by atoms with van der Waals surface area (Å²) in [6.07, 6.45) is 2.82. The fourth-order valence-corrected chi connectivity index (χ4v) is 3.06. The summed E-state index contributed by atoms with van der Waals surface area (Å²) in [5.41, 5.74) is 9.14. The van der Waals surface area contributed by atoms with Gasteiger partial charge in [0.1, 0.15) is 0 Å². The van der Waals surface area contributed by atoms with Crippen LogP contribution in [0.2, 0.25) is 0 Å². The number of hydrogen-bond donors (Lipinski definition) is 2. The molecule has 0 aliphatic heterocycles. The van der Waals surface area contributed by atoms with Crippen molar-refractivity contribution in [3.05, 3.63) is 58.4 Å². The van der Waals surface area contributed by atoms with E-state index in [2.05, 4.69) is 34.6 Å². The molecule has 0 saturated carbocycles. The van der Waals surface area contributed by atoms with Crippen LogP contribution in [0.1, 0.15) is 10.4 Å². The second kappa shape index (κ2) is 6.03. The standard InChI is InChI=1S/C16H17N3S/c17-14-7-10-20-15(14)11-18-9-6-13-4-1-3-12-5-2-8-19-16(12)13/h1-5,7-8,10,18H,6,9,11,17H2. The molecule has 0 radical (unpaired) electrons. The Kier molecular flexibility index (Phi) is 3.95. The van der Waals surface area contributed by atoms with E-state index in [-0.39, 0.29) is 0 Å². The maximum absolute atomic E-state index is 5.87. The van der Waals surface area contributed by atoms with Gasteiger partial charge in [0.15, 0.2) is 0 Å². The molecule has 102 valence electrons. The van der Waals surface area contributed by atoms with Crippen molar-refractivity contribution < 1.29 is 0 Å². The van der Waals surface area contributed by atoms with E-state index < -0.39 is 0 Å². The summed E-state index contributed by atoms with van der Waals surface area (Å²) in [4.78, 5) is 5.69. The first-order chi connectivity index (χ1) is 9.84. The minimum absolute atomic E-state index is 0.835. The zero-order valence-corrected chi connectivity index (χ0v) is 12.0. The molecule has 3 aromatic rings.